The average Bonchev–Trinajstić information content (AvgIpc) is 2.85. The number of aliphatic hydroxyl groups is 1. The van der Waals surface area contributed by atoms with Gasteiger partial charge in [0.25, 0.3) is 0 Å². The zero-order chi connectivity index (χ0) is 15.3. The van der Waals surface area contributed by atoms with Crippen LogP contribution in [0.15, 0.2) is 17.3 Å². The van der Waals surface area contributed by atoms with Crippen LogP contribution >= 0.6 is 15.9 Å². The molecule has 0 fully saturated rings. The highest BCUT2D eigenvalue weighted by atomic mass is 79.9. The molecule has 20 heavy (non-hydrogen) atoms. The summed E-state index contributed by atoms with van der Waals surface area (Å²) in [4.78, 5) is 9.98. The molecule has 8 heteroatoms. The number of aliphatic imine (C=N–C) groups is 1. The van der Waals surface area contributed by atoms with E-state index in [-0.39, 0.29) is 18.0 Å². The third-order valence-corrected chi connectivity index (χ3v) is 3.30. The molecule has 0 aliphatic heterocycles. The molecule has 4 nitrogen and oxygen atoms in total. The minimum absolute atomic E-state index is 0.135. The molecule has 0 bridgehead atoms. The number of nitrogens with zero attached hydrogens (tertiary/aromatic N) is 2. The third kappa shape index (κ3) is 4.09. The summed E-state index contributed by atoms with van der Waals surface area (Å²) in [5.41, 5.74) is -0.202. The van der Waals surface area contributed by atoms with Crippen LogP contribution in [-0.2, 0) is 5.33 Å². The van der Waals surface area contributed by atoms with Crippen molar-refractivity contribution in [3.05, 3.63) is 23.8 Å². The van der Waals surface area contributed by atoms with Crippen LogP contribution in [-0.4, -0.2) is 34.0 Å². The number of aromatic nitrogens is 2. The van der Waals surface area contributed by atoms with E-state index in [1.807, 2.05) is 0 Å². The Hall–Kier alpha value is -1.31. The van der Waals surface area contributed by atoms with E-state index in [4.69, 9.17) is 0 Å². The van der Waals surface area contributed by atoms with Crippen molar-refractivity contribution in [2.24, 2.45) is 10.9 Å². The van der Waals surface area contributed by atoms with Crippen molar-refractivity contribution in [2.75, 3.05) is 7.05 Å². The summed E-state index contributed by atoms with van der Waals surface area (Å²) >= 11 is 3.20. The van der Waals surface area contributed by atoms with Crippen molar-refractivity contribution in [1.29, 1.82) is 0 Å². The van der Waals surface area contributed by atoms with Crippen LogP contribution in [0.3, 0.4) is 0 Å². The molecular weight excluding hydrogens is 339 g/mol. The number of aliphatic hydroxyl groups excluding tert-OH is 1. The van der Waals surface area contributed by atoms with Crippen LogP contribution in [0, 0.1) is 5.92 Å². The van der Waals surface area contributed by atoms with Crippen LogP contribution in [0.4, 0.5) is 13.2 Å². The quantitative estimate of drug-likeness (QED) is 0.479. The smallest absolute Gasteiger partial charge is 0.429 e. The standard InChI is InChI=1S/C12H15BrF3N3O/c1-3-7(10(17-2)12(14,15)16)4-9(20)11-18-6-8(5-13)19-11/h4,6-7,20H,3,5H2,1-2H3,(H,18,19)/b9-4+,17-10?. The Bertz CT molecular complexity index is 508. The number of aromatic amines is 1. The number of hydrogen-bond acceptors (Lipinski definition) is 3. The maximum Gasteiger partial charge on any atom is 0.429 e. The summed E-state index contributed by atoms with van der Waals surface area (Å²) in [7, 11) is 1.09. The van der Waals surface area contributed by atoms with Crippen LogP contribution in [0.5, 0.6) is 0 Å². The van der Waals surface area contributed by atoms with Gasteiger partial charge in [0.1, 0.15) is 5.71 Å². The maximum absolute atomic E-state index is 12.8. The Morgan fingerprint density at radius 2 is 2.25 bits per heavy atom. The van der Waals surface area contributed by atoms with Gasteiger partial charge in [-0.1, -0.05) is 22.9 Å². The molecule has 112 valence electrons. The van der Waals surface area contributed by atoms with Gasteiger partial charge in [0.05, 0.1) is 0 Å². The lowest BCUT2D eigenvalue weighted by atomic mass is 9.98. The van der Waals surface area contributed by atoms with E-state index < -0.39 is 17.8 Å². The molecular formula is C12H15BrF3N3O. The normalized spacial score (nSPS) is 15.5. The molecule has 0 spiro atoms. The van der Waals surface area contributed by atoms with Gasteiger partial charge >= 0.3 is 6.18 Å². The van der Waals surface area contributed by atoms with Crippen molar-refractivity contribution in [3.8, 4) is 0 Å². The van der Waals surface area contributed by atoms with Gasteiger partial charge in [-0.15, -0.1) is 0 Å². The zero-order valence-electron chi connectivity index (χ0n) is 11.0. The van der Waals surface area contributed by atoms with E-state index in [2.05, 4.69) is 30.9 Å². The molecule has 1 heterocycles. The van der Waals surface area contributed by atoms with Crippen LogP contribution in [0.1, 0.15) is 24.9 Å². The Morgan fingerprint density at radius 1 is 1.60 bits per heavy atom. The molecule has 1 rings (SSSR count). The second-order valence-electron chi connectivity index (χ2n) is 4.06. The van der Waals surface area contributed by atoms with E-state index in [0.717, 1.165) is 13.1 Å². The van der Waals surface area contributed by atoms with Crippen molar-refractivity contribution >= 4 is 27.4 Å². The lowest BCUT2D eigenvalue weighted by Gasteiger charge is -2.16. The number of allylic oxidation sites excluding steroid dienone is 1. The molecule has 0 saturated carbocycles. The molecule has 1 aromatic heterocycles. The summed E-state index contributed by atoms with van der Waals surface area (Å²) in [6.07, 6.45) is -1.74. The molecule has 0 aromatic carbocycles. The minimum atomic E-state index is -4.52. The summed E-state index contributed by atoms with van der Waals surface area (Å²) in [6, 6.07) is 0. The molecule has 2 N–H and O–H groups in total. The highest BCUT2D eigenvalue weighted by molar-refractivity contribution is 9.08. The van der Waals surface area contributed by atoms with Crippen molar-refractivity contribution in [3.63, 3.8) is 0 Å². The Labute approximate surface area is 123 Å². The third-order valence-electron chi connectivity index (χ3n) is 2.70. The molecule has 1 unspecified atom stereocenters. The minimum Gasteiger partial charge on any atom is -0.504 e. The van der Waals surface area contributed by atoms with Gasteiger partial charge in [0.15, 0.2) is 11.6 Å². The summed E-state index contributed by atoms with van der Waals surface area (Å²) < 4.78 is 38.4. The van der Waals surface area contributed by atoms with Crippen LogP contribution in [0.2, 0.25) is 0 Å². The zero-order valence-corrected chi connectivity index (χ0v) is 12.6. The number of imidazole rings is 1. The maximum atomic E-state index is 12.8. The van der Waals surface area contributed by atoms with Crippen molar-refractivity contribution < 1.29 is 18.3 Å². The van der Waals surface area contributed by atoms with Gasteiger partial charge in [0, 0.05) is 30.2 Å². The van der Waals surface area contributed by atoms with E-state index in [0.29, 0.717) is 11.0 Å². The summed E-state index contributed by atoms with van der Waals surface area (Å²) in [6.45, 7) is 1.59. The molecule has 0 radical (unpaired) electrons. The van der Waals surface area contributed by atoms with Gasteiger partial charge in [-0.05, 0) is 12.5 Å². The van der Waals surface area contributed by atoms with Gasteiger partial charge in [-0.25, -0.2) is 4.98 Å². The largest absolute Gasteiger partial charge is 0.504 e. The van der Waals surface area contributed by atoms with Gasteiger partial charge in [-0.3, -0.25) is 4.99 Å². The average molecular weight is 354 g/mol. The molecule has 1 aromatic rings. The van der Waals surface area contributed by atoms with Crippen molar-refractivity contribution in [1.82, 2.24) is 9.97 Å². The van der Waals surface area contributed by atoms with Gasteiger partial charge in [-0.2, -0.15) is 13.2 Å². The van der Waals surface area contributed by atoms with Gasteiger partial charge < -0.3 is 10.1 Å². The number of alkyl halides is 4. The summed E-state index contributed by atoms with van der Waals surface area (Å²) in [5.74, 6) is -1.21. The number of hydrogen-bond donors (Lipinski definition) is 2. The fourth-order valence-electron chi connectivity index (χ4n) is 1.72. The first kappa shape index (κ1) is 16.7. The number of H-pyrrole nitrogens is 1. The Kier molecular flexibility index (Phi) is 5.79. The predicted octanol–water partition coefficient (Wildman–Crippen LogP) is 3.86. The fraction of sp³-hybridized carbons (Fsp3) is 0.500. The van der Waals surface area contributed by atoms with E-state index >= 15 is 0 Å². The highest BCUT2D eigenvalue weighted by Gasteiger charge is 2.39. The molecule has 0 aliphatic carbocycles. The highest BCUT2D eigenvalue weighted by Crippen LogP contribution is 2.26. The van der Waals surface area contributed by atoms with Gasteiger partial charge in [0.2, 0.25) is 0 Å². The molecule has 0 saturated heterocycles. The predicted molar refractivity (Wildman–Crippen MR) is 75.0 cm³/mol. The van der Waals surface area contributed by atoms with Crippen LogP contribution < -0.4 is 0 Å². The van der Waals surface area contributed by atoms with Crippen molar-refractivity contribution in [2.45, 2.75) is 24.9 Å². The lowest BCUT2D eigenvalue weighted by molar-refractivity contribution is -0.0622. The molecule has 0 aliphatic rings. The number of rotatable bonds is 5. The molecule has 1 atom stereocenters. The monoisotopic (exact) mass is 353 g/mol. The topological polar surface area (TPSA) is 61.3 Å². The van der Waals surface area contributed by atoms with Crippen LogP contribution in [0.25, 0.3) is 5.76 Å². The van der Waals surface area contributed by atoms with E-state index in [1.54, 1.807) is 6.92 Å². The first-order valence-electron chi connectivity index (χ1n) is 5.88. The number of nitrogens with one attached hydrogen (secondary N) is 1. The fourth-order valence-corrected chi connectivity index (χ4v) is 2.00. The Morgan fingerprint density at radius 3 is 2.65 bits per heavy atom. The Balaban J connectivity index is 3.04. The number of halogens is 4. The first-order chi connectivity index (χ1) is 9.33. The first-order valence-corrected chi connectivity index (χ1v) is 7.00. The second kappa shape index (κ2) is 6.92. The second-order valence-corrected chi connectivity index (χ2v) is 4.62. The SMILES string of the molecule is CCC(/C=C(/O)c1ncc(CBr)[nH]1)C(=NC)C(F)(F)F. The lowest BCUT2D eigenvalue weighted by Crippen LogP contribution is -2.29. The van der Waals surface area contributed by atoms with E-state index in [1.165, 1.54) is 6.20 Å². The van der Waals surface area contributed by atoms with E-state index in [9.17, 15) is 18.3 Å². The summed E-state index contributed by atoms with van der Waals surface area (Å²) in [5, 5.41) is 10.4. The molecule has 0 amide bonds.